The summed E-state index contributed by atoms with van der Waals surface area (Å²) >= 11 is 0. The summed E-state index contributed by atoms with van der Waals surface area (Å²) in [6, 6.07) is 0. The molecule has 4 aliphatic carbocycles. The van der Waals surface area contributed by atoms with Gasteiger partial charge in [0.1, 0.15) is 48.5 Å². The van der Waals surface area contributed by atoms with Gasteiger partial charge >= 0.3 is 0 Å². The van der Waals surface area contributed by atoms with Crippen molar-refractivity contribution >= 4 is 0 Å². The van der Waals surface area contributed by atoms with E-state index in [9.17, 15) is 30.6 Å². The van der Waals surface area contributed by atoms with E-state index in [1.54, 1.807) is 6.92 Å². The maximum Gasteiger partial charge on any atom is 0.186 e. The lowest BCUT2D eigenvalue weighted by Crippen LogP contribution is -2.61. The molecule has 7 N–H and O–H groups in total. The van der Waals surface area contributed by atoms with Crippen molar-refractivity contribution in [2.75, 3.05) is 13.2 Å². The first-order valence-electron chi connectivity index (χ1n) is 20.0. The number of piperidine rings is 1. The molecule has 51 heavy (non-hydrogen) atoms. The van der Waals surface area contributed by atoms with Crippen molar-refractivity contribution in [2.24, 2.45) is 46.3 Å². The highest BCUT2D eigenvalue weighted by molar-refractivity contribution is 5.26. The Hall–Kier alpha value is -0.740. The molecule has 8 rings (SSSR count). The number of aliphatic hydroxyl groups is 6. The minimum Gasteiger partial charge on any atom is -0.388 e. The van der Waals surface area contributed by atoms with Gasteiger partial charge in [-0.25, -0.2) is 0 Å². The third kappa shape index (κ3) is 5.93. The molecule has 290 valence electrons. The van der Waals surface area contributed by atoms with Crippen molar-refractivity contribution in [1.29, 1.82) is 0 Å². The van der Waals surface area contributed by atoms with Crippen molar-refractivity contribution in [1.82, 2.24) is 5.32 Å². The zero-order valence-corrected chi connectivity index (χ0v) is 31.0. The zero-order chi connectivity index (χ0) is 36.2. The highest BCUT2D eigenvalue weighted by Gasteiger charge is 2.68. The molecule has 4 heterocycles. The number of allylic oxidation sites excluding steroid dienone is 1. The number of fused-ring (bicyclic) bond motifs is 7. The fourth-order valence-corrected chi connectivity index (χ4v) is 12.6. The molecular formula is C39H63NO11. The van der Waals surface area contributed by atoms with E-state index in [4.69, 9.17) is 23.7 Å². The van der Waals surface area contributed by atoms with Gasteiger partial charge in [-0.05, 0) is 105 Å². The summed E-state index contributed by atoms with van der Waals surface area (Å²) in [5, 5.41) is 66.7. The number of hydrogen-bond acceptors (Lipinski definition) is 12. The first-order chi connectivity index (χ1) is 24.2. The van der Waals surface area contributed by atoms with Crippen molar-refractivity contribution in [3.05, 3.63) is 11.6 Å². The van der Waals surface area contributed by atoms with E-state index in [0.717, 1.165) is 38.6 Å². The Bertz CT molecular complexity index is 1310. The van der Waals surface area contributed by atoms with E-state index in [1.165, 1.54) is 31.3 Å². The second-order valence-electron chi connectivity index (χ2n) is 18.5. The van der Waals surface area contributed by atoms with Crippen LogP contribution in [0.25, 0.3) is 0 Å². The van der Waals surface area contributed by atoms with Crippen LogP contribution in [0.5, 0.6) is 0 Å². The molecule has 0 aromatic rings. The number of ether oxygens (including phenoxy) is 5. The lowest BCUT2D eigenvalue weighted by atomic mass is 9.47. The second-order valence-corrected chi connectivity index (χ2v) is 18.5. The summed E-state index contributed by atoms with van der Waals surface area (Å²) in [7, 11) is 0. The summed E-state index contributed by atoms with van der Waals surface area (Å²) in [4.78, 5) is 0. The molecule has 21 atom stereocenters. The topological polar surface area (TPSA) is 180 Å². The van der Waals surface area contributed by atoms with E-state index in [1.807, 2.05) is 0 Å². The fraction of sp³-hybridized carbons (Fsp3) is 0.949. The molecule has 4 saturated heterocycles. The summed E-state index contributed by atoms with van der Waals surface area (Å²) < 4.78 is 30.6. The average Bonchev–Trinajstić information content (AvgIpc) is 3.56. The van der Waals surface area contributed by atoms with E-state index >= 15 is 0 Å². The molecule has 0 bridgehead atoms. The van der Waals surface area contributed by atoms with Crippen molar-refractivity contribution in [3.8, 4) is 0 Å². The second kappa shape index (κ2) is 13.5. The SMILES string of the molecule is C[C@@H]1CC[C@@]2(NC1)O[C@@H]1C[C@H]3[C@@H]4CC=C5C[C@H](O[C@@H]6O[C@H](CO[C@@H]7O[C@H](C)[C@H](O)[C@@H](O)[C@H]7O)[C@@H](O)[C@H](O)[C@H]6O)CC[C@]5(C)[C@H]4CC[C@]3(C)[C@@H]1[C@@H]2C. The van der Waals surface area contributed by atoms with Crippen LogP contribution in [0.2, 0.25) is 0 Å². The molecule has 0 aromatic heterocycles. The first-order valence-corrected chi connectivity index (χ1v) is 20.0. The zero-order valence-electron chi connectivity index (χ0n) is 31.0. The summed E-state index contributed by atoms with van der Waals surface area (Å²) in [5.41, 5.74) is 1.66. The van der Waals surface area contributed by atoms with Gasteiger partial charge < -0.3 is 54.3 Å². The minimum atomic E-state index is -1.54. The Morgan fingerprint density at radius 3 is 2.31 bits per heavy atom. The third-order valence-electron chi connectivity index (χ3n) is 15.8. The van der Waals surface area contributed by atoms with E-state index < -0.39 is 61.4 Å². The van der Waals surface area contributed by atoms with Gasteiger partial charge in [-0.2, -0.15) is 0 Å². The minimum absolute atomic E-state index is 0.0881. The van der Waals surface area contributed by atoms with Crippen LogP contribution in [0, 0.1) is 46.3 Å². The molecule has 8 aliphatic rings. The van der Waals surface area contributed by atoms with Crippen molar-refractivity contribution < 1.29 is 54.3 Å². The van der Waals surface area contributed by atoms with Gasteiger partial charge in [0, 0.05) is 12.5 Å². The van der Waals surface area contributed by atoms with Crippen LogP contribution in [-0.2, 0) is 23.7 Å². The average molecular weight is 722 g/mol. The lowest BCUT2D eigenvalue weighted by Gasteiger charge is -2.59. The summed E-state index contributed by atoms with van der Waals surface area (Å²) in [6.07, 6.45) is -0.901. The maximum atomic E-state index is 10.9. The summed E-state index contributed by atoms with van der Waals surface area (Å²) in [5.74, 6) is 3.74. The van der Waals surface area contributed by atoms with Crippen LogP contribution in [0.15, 0.2) is 11.6 Å². The Kier molecular flexibility index (Phi) is 9.83. The predicted octanol–water partition coefficient (Wildman–Crippen LogP) is 1.96. The predicted molar refractivity (Wildman–Crippen MR) is 184 cm³/mol. The molecule has 0 unspecified atom stereocenters. The van der Waals surface area contributed by atoms with Crippen LogP contribution in [-0.4, -0.2) is 123 Å². The van der Waals surface area contributed by atoms with Gasteiger partial charge in [0.25, 0.3) is 0 Å². The van der Waals surface area contributed by atoms with Gasteiger partial charge in [-0.15, -0.1) is 0 Å². The molecule has 0 aromatic carbocycles. The van der Waals surface area contributed by atoms with Crippen LogP contribution in [0.3, 0.4) is 0 Å². The highest BCUT2D eigenvalue weighted by atomic mass is 16.7. The molecule has 7 fully saturated rings. The van der Waals surface area contributed by atoms with Crippen molar-refractivity contribution in [3.63, 3.8) is 0 Å². The smallest absolute Gasteiger partial charge is 0.186 e. The number of hydrogen-bond donors (Lipinski definition) is 7. The van der Waals surface area contributed by atoms with Gasteiger partial charge in [-0.3, -0.25) is 5.32 Å². The number of aliphatic hydroxyl groups excluding tert-OH is 6. The number of rotatable bonds is 5. The molecule has 1 spiro atoms. The molecule has 3 saturated carbocycles. The van der Waals surface area contributed by atoms with E-state index in [-0.39, 0.29) is 23.9 Å². The van der Waals surface area contributed by atoms with E-state index in [2.05, 4.69) is 39.1 Å². The molecule has 4 aliphatic heterocycles. The number of nitrogens with one attached hydrogen (secondary N) is 1. The van der Waals surface area contributed by atoms with E-state index in [0.29, 0.717) is 47.0 Å². The van der Waals surface area contributed by atoms with Gasteiger partial charge in [-0.1, -0.05) is 39.3 Å². The third-order valence-corrected chi connectivity index (χ3v) is 15.8. The Morgan fingerprint density at radius 1 is 0.824 bits per heavy atom. The van der Waals surface area contributed by atoms with Crippen LogP contribution < -0.4 is 5.32 Å². The molecule has 0 radical (unpaired) electrons. The van der Waals surface area contributed by atoms with Crippen molar-refractivity contribution in [2.45, 2.75) is 172 Å². The van der Waals surface area contributed by atoms with Gasteiger partial charge in [0.2, 0.25) is 0 Å². The highest BCUT2D eigenvalue weighted by Crippen LogP contribution is 2.70. The lowest BCUT2D eigenvalue weighted by molar-refractivity contribution is -0.334. The van der Waals surface area contributed by atoms with Crippen LogP contribution in [0.1, 0.15) is 92.4 Å². The fourth-order valence-electron chi connectivity index (χ4n) is 12.6. The standard InChI is InChI=1S/C39H63NO11/c1-18-8-13-39(40-16-18)19(2)28-26(51-39)15-25-23-7-6-21-14-22(9-11-37(21,4)24(23)10-12-38(25,28)5)49-36-34(46)32(44)30(42)27(50-36)17-47-35-33(45)31(43)29(41)20(3)48-35/h6,18-20,22-36,40-46H,7-17H2,1-5H3/t18-,19+,20-,22-,23-,24+,25+,26-,27-,28-,29+,30-,31-,32+,33-,34-,35-,36-,37+,38+,39-/m1/s1. The van der Waals surface area contributed by atoms with Gasteiger partial charge in [0.05, 0.1) is 24.9 Å². The van der Waals surface area contributed by atoms with Gasteiger partial charge in [0.15, 0.2) is 12.6 Å². The Labute approximate surface area is 302 Å². The van der Waals surface area contributed by atoms with Crippen LogP contribution >= 0.6 is 0 Å². The largest absolute Gasteiger partial charge is 0.388 e. The summed E-state index contributed by atoms with van der Waals surface area (Å²) in [6.45, 7) is 12.1. The van der Waals surface area contributed by atoms with Crippen LogP contribution in [0.4, 0.5) is 0 Å². The first kappa shape index (κ1) is 37.2. The molecule has 12 nitrogen and oxygen atoms in total. The molecule has 0 amide bonds. The normalized spacial score (nSPS) is 58.4. The maximum absolute atomic E-state index is 10.9. The molecule has 12 heteroatoms. The Balaban J connectivity index is 0.909. The molecular weight excluding hydrogens is 658 g/mol. The Morgan fingerprint density at radius 2 is 1.57 bits per heavy atom. The monoisotopic (exact) mass is 721 g/mol. The quantitative estimate of drug-likeness (QED) is 0.206.